The molecule has 4 aromatic rings. The minimum Gasteiger partial charge on any atom is -0.497 e. The Kier molecular flexibility index (Phi) is 4.66. The molecule has 0 aliphatic heterocycles. The Hall–Kier alpha value is -4.20. The third kappa shape index (κ3) is 3.63. The quantitative estimate of drug-likeness (QED) is 0.212. The number of hydrogen-bond donors (Lipinski definition) is 0. The monoisotopic (exact) mass is 390 g/mol. The topological polar surface area (TPSA) is 105 Å². The van der Waals surface area contributed by atoms with Gasteiger partial charge in [-0.25, -0.2) is 9.78 Å². The molecule has 8 nitrogen and oxygen atoms in total. The highest BCUT2D eigenvalue weighted by Crippen LogP contribution is 2.29. The number of methoxy groups -OCH3 is 1. The Balaban J connectivity index is 1.64. The summed E-state index contributed by atoms with van der Waals surface area (Å²) >= 11 is 0. The lowest BCUT2D eigenvalue weighted by Gasteiger charge is -2.06. The molecule has 144 valence electrons. The summed E-state index contributed by atoms with van der Waals surface area (Å²) in [5.41, 5.74) is 1.25. The van der Waals surface area contributed by atoms with Crippen LogP contribution < -0.4 is 9.47 Å². The average molecular weight is 390 g/mol. The molecule has 0 bridgehead atoms. The van der Waals surface area contributed by atoms with Crippen LogP contribution in [0.25, 0.3) is 22.6 Å². The summed E-state index contributed by atoms with van der Waals surface area (Å²) < 4.78 is 16.1. The number of oxazole rings is 1. The van der Waals surface area contributed by atoms with Crippen LogP contribution in [-0.4, -0.2) is 23.0 Å². The van der Waals surface area contributed by atoms with E-state index in [-0.39, 0.29) is 17.0 Å². The van der Waals surface area contributed by atoms with Gasteiger partial charge in [0.15, 0.2) is 5.58 Å². The molecule has 0 spiro atoms. The number of ether oxygens (including phenoxy) is 2. The number of carbonyl (C=O) groups excluding carboxylic acids is 1. The maximum Gasteiger partial charge on any atom is 0.350 e. The third-order valence-electron chi connectivity index (χ3n) is 4.21. The lowest BCUT2D eigenvalue weighted by atomic mass is 10.1. The van der Waals surface area contributed by atoms with Gasteiger partial charge in [0.25, 0.3) is 5.69 Å². The second kappa shape index (κ2) is 7.43. The van der Waals surface area contributed by atoms with Gasteiger partial charge < -0.3 is 13.9 Å². The van der Waals surface area contributed by atoms with Gasteiger partial charge in [0.05, 0.1) is 12.0 Å². The fraction of sp³-hybridized carbons (Fsp3) is 0.0476. The highest BCUT2D eigenvalue weighted by molar-refractivity contribution is 5.96. The molecular formula is C21H14N2O6. The van der Waals surface area contributed by atoms with Crippen molar-refractivity contribution in [3.05, 3.63) is 82.4 Å². The number of rotatable bonds is 5. The predicted molar refractivity (Wildman–Crippen MR) is 104 cm³/mol. The summed E-state index contributed by atoms with van der Waals surface area (Å²) in [6, 6.07) is 17.9. The third-order valence-corrected chi connectivity index (χ3v) is 4.21. The minimum atomic E-state index is -0.877. The SMILES string of the molecule is COc1ccc([N+](=O)[O-])c(C(=O)Oc2ccc3nc(-c4ccccc4)oc3c2)c1. The van der Waals surface area contributed by atoms with E-state index in [0.29, 0.717) is 22.7 Å². The maximum atomic E-state index is 12.5. The number of hydrogen-bond acceptors (Lipinski definition) is 7. The molecule has 4 rings (SSSR count). The van der Waals surface area contributed by atoms with Crippen molar-refractivity contribution in [3.63, 3.8) is 0 Å². The fourth-order valence-corrected chi connectivity index (χ4v) is 2.80. The summed E-state index contributed by atoms with van der Waals surface area (Å²) in [5.74, 6) is 0.0429. The number of nitro benzene ring substituents is 1. The van der Waals surface area contributed by atoms with Gasteiger partial charge in [0, 0.05) is 23.8 Å². The molecule has 0 aliphatic rings. The Morgan fingerprint density at radius 2 is 1.79 bits per heavy atom. The van der Waals surface area contributed by atoms with Gasteiger partial charge in [-0.05, 0) is 30.3 Å². The van der Waals surface area contributed by atoms with Crippen LogP contribution in [0.3, 0.4) is 0 Å². The van der Waals surface area contributed by atoms with E-state index < -0.39 is 10.9 Å². The van der Waals surface area contributed by atoms with E-state index >= 15 is 0 Å². The molecule has 3 aromatic carbocycles. The van der Waals surface area contributed by atoms with E-state index in [2.05, 4.69) is 4.98 Å². The zero-order valence-corrected chi connectivity index (χ0v) is 15.2. The van der Waals surface area contributed by atoms with Crippen molar-refractivity contribution in [2.24, 2.45) is 0 Å². The summed E-state index contributed by atoms with van der Waals surface area (Å²) in [6.45, 7) is 0. The lowest BCUT2D eigenvalue weighted by Crippen LogP contribution is -2.11. The number of aromatic nitrogens is 1. The average Bonchev–Trinajstić information content (AvgIpc) is 3.17. The molecule has 0 aliphatic carbocycles. The van der Waals surface area contributed by atoms with E-state index in [9.17, 15) is 14.9 Å². The van der Waals surface area contributed by atoms with E-state index in [4.69, 9.17) is 13.9 Å². The number of esters is 1. The molecule has 0 amide bonds. The molecule has 29 heavy (non-hydrogen) atoms. The second-order valence-corrected chi connectivity index (χ2v) is 6.04. The Morgan fingerprint density at radius 1 is 1.03 bits per heavy atom. The number of nitro groups is 1. The van der Waals surface area contributed by atoms with E-state index in [0.717, 1.165) is 5.56 Å². The molecule has 0 radical (unpaired) electrons. The predicted octanol–water partition coefficient (Wildman–Crippen LogP) is 4.63. The van der Waals surface area contributed by atoms with E-state index in [1.165, 1.54) is 31.4 Å². The zero-order valence-electron chi connectivity index (χ0n) is 15.2. The van der Waals surface area contributed by atoms with E-state index in [1.54, 1.807) is 12.1 Å². The van der Waals surface area contributed by atoms with Crippen molar-refractivity contribution >= 4 is 22.8 Å². The molecule has 0 atom stereocenters. The van der Waals surface area contributed by atoms with Gasteiger partial charge in [-0.15, -0.1) is 0 Å². The molecule has 8 heteroatoms. The van der Waals surface area contributed by atoms with Gasteiger partial charge >= 0.3 is 5.97 Å². The molecule has 0 unspecified atom stereocenters. The van der Waals surface area contributed by atoms with Crippen molar-refractivity contribution in [2.75, 3.05) is 7.11 Å². The van der Waals surface area contributed by atoms with Crippen LogP contribution in [0.5, 0.6) is 11.5 Å². The Bertz CT molecular complexity index is 1220. The highest BCUT2D eigenvalue weighted by atomic mass is 16.6. The van der Waals surface area contributed by atoms with Crippen LogP contribution in [0.2, 0.25) is 0 Å². The van der Waals surface area contributed by atoms with Crippen molar-refractivity contribution < 1.29 is 23.6 Å². The van der Waals surface area contributed by atoms with Crippen molar-refractivity contribution in [1.29, 1.82) is 0 Å². The van der Waals surface area contributed by atoms with Crippen LogP contribution >= 0.6 is 0 Å². The molecular weight excluding hydrogens is 376 g/mol. The van der Waals surface area contributed by atoms with Crippen molar-refractivity contribution in [2.45, 2.75) is 0 Å². The first-order valence-corrected chi connectivity index (χ1v) is 8.56. The van der Waals surface area contributed by atoms with Gasteiger partial charge in [-0.3, -0.25) is 10.1 Å². The number of fused-ring (bicyclic) bond motifs is 1. The molecule has 1 aromatic heterocycles. The molecule has 0 N–H and O–H groups in total. The van der Waals surface area contributed by atoms with Gasteiger partial charge in [-0.2, -0.15) is 0 Å². The standard InChI is InChI=1S/C21H14N2O6/c1-27-14-8-10-18(23(25)26)16(11-14)21(24)28-15-7-9-17-19(12-15)29-20(22-17)13-5-3-2-4-6-13/h2-12H,1H3. The van der Waals surface area contributed by atoms with E-state index in [1.807, 2.05) is 30.3 Å². The van der Waals surface area contributed by atoms with Crippen LogP contribution in [0.4, 0.5) is 5.69 Å². The molecule has 0 fully saturated rings. The number of benzene rings is 3. The first-order valence-electron chi connectivity index (χ1n) is 8.56. The molecule has 0 saturated carbocycles. The summed E-state index contributed by atoms with van der Waals surface area (Å²) in [4.78, 5) is 27.5. The zero-order chi connectivity index (χ0) is 20.4. The van der Waals surface area contributed by atoms with Crippen LogP contribution in [-0.2, 0) is 0 Å². The lowest BCUT2D eigenvalue weighted by molar-refractivity contribution is -0.385. The fourth-order valence-electron chi connectivity index (χ4n) is 2.80. The largest absolute Gasteiger partial charge is 0.497 e. The summed E-state index contributed by atoms with van der Waals surface area (Å²) in [7, 11) is 1.40. The normalized spacial score (nSPS) is 10.7. The first-order chi connectivity index (χ1) is 14.0. The van der Waals surface area contributed by atoms with Gasteiger partial charge in [0.2, 0.25) is 5.89 Å². The van der Waals surface area contributed by atoms with Gasteiger partial charge in [0.1, 0.15) is 22.6 Å². The first kappa shape index (κ1) is 18.2. The second-order valence-electron chi connectivity index (χ2n) is 6.04. The Morgan fingerprint density at radius 3 is 2.52 bits per heavy atom. The Labute approximate surface area is 164 Å². The maximum absolute atomic E-state index is 12.5. The molecule has 1 heterocycles. The van der Waals surface area contributed by atoms with Crippen molar-refractivity contribution in [1.82, 2.24) is 4.98 Å². The van der Waals surface area contributed by atoms with Crippen LogP contribution in [0.1, 0.15) is 10.4 Å². The van der Waals surface area contributed by atoms with Crippen LogP contribution in [0, 0.1) is 10.1 Å². The smallest absolute Gasteiger partial charge is 0.350 e. The van der Waals surface area contributed by atoms with Crippen molar-refractivity contribution in [3.8, 4) is 23.0 Å². The molecule has 0 saturated heterocycles. The highest BCUT2D eigenvalue weighted by Gasteiger charge is 2.23. The minimum absolute atomic E-state index is 0.176. The summed E-state index contributed by atoms with van der Waals surface area (Å²) in [5, 5.41) is 11.2. The summed E-state index contributed by atoms with van der Waals surface area (Å²) in [6.07, 6.45) is 0. The van der Waals surface area contributed by atoms with Crippen LogP contribution in [0.15, 0.2) is 71.1 Å². The number of nitrogens with zero attached hydrogens (tertiary/aromatic N) is 2. The number of carbonyl (C=O) groups is 1. The van der Waals surface area contributed by atoms with Gasteiger partial charge in [-0.1, -0.05) is 18.2 Å².